The van der Waals surface area contributed by atoms with E-state index in [9.17, 15) is 8.42 Å². The summed E-state index contributed by atoms with van der Waals surface area (Å²) in [5, 5.41) is 1.24. The fourth-order valence-electron chi connectivity index (χ4n) is 1.54. The quantitative estimate of drug-likeness (QED) is 0.845. The van der Waals surface area contributed by atoms with Crippen LogP contribution in [0.1, 0.15) is 11.1 Å². The summed E-state index contributed by atoms with van der Waals surface area (Å²) in [4.78, 5) is 0.320. The molecule has 0 aliphatic heterocycles. The van der Waals surface area contributed by atoms with Crippen LogP contribution in [0.2, 0.25) is 0 Å². The standard InChI is InChI=1S/C15H14O2S/c1-13-7-9-15(10-8-13)18(16,17)12-11-14-5-3-2-4-6-14/h2-12H,1H3/b12-11+. The molecule has 2 aromatic carbocycles. The van der Waals surface area contributed by atoms with Crippen LogP contribution in [-0.4, -0.2) is 8.42 Å². The van der Waals surface area contributed by atoms with Crippen molar-refractivity contribution in [2.45, 2.75) is 11.8 Å². The first-order valence-corrected chi connectivity index (χ1v) is 7.17. The minimum atomic E-state index is -3.36. The SMILES string of the molecule is Cc1ccc(S(=O)(=O)/C=C/c2ccccc2)cc1. The van der Waals surface area contributed by atoms with Gasteiger partial charge < -0.3 is 0 Å². The molecule has 0 N–H and O–H groups in total. The van der Waals surface area contributed by atoms with Crippen LogP contribution in [0.3, 0.4) is 0 Å². The molecule has 0 fully saturated rings. The van der Waals surface area contributed by atoms with Gasteiger partial charge in [0.1, 0.15) is 0 Å². The molecule has 3 heteroatoms. The van der Waals surface area contributed by atoms with Crippen molar-refractivity contribution >= 4 is 15.9 Å². The fraction of sp³-hybridized carbons (Fsp3) is 0.0667. The van der Waals surface area contributed by atoms with Gasteiger partial charge >= 0.3 is 0 Å². The van der Waals surface area contributed by atoms with Gasteiger partial charge in [-0.3, -0.25) is 0 Å². The number of aryl methyl sites for hydroxylation is 1. The van der Waals surface area contributed by atoms with Crippen LogP contribution >= 0.6 is 0 Å². The first-order chi connectivity index (χ1) is 8.58. The third kappa shape index (κ3) is 3.08. The Labute approximate surface area is 108 Å². The van der Waals surface area contributed by atoms with Crippen molar-refractivity contribution in [3.63, 3.8) is 0 Å². The maximum Gasteiger partial charge on any atom is 0.199 e. The molecule has 0 radical (unpaired) electrons. The lowest BCUT2D eigenvalue weighted by Crippen LogP contribution is -1.95. The van der Waals surface area contributed by atoms with Gasteiger partial charge in [0, 0.05) is 5.41 Å². The summed E-state index contributed by atoms with van der Waals surface area (Å²) in [7, 11) is -3.36. The minimum Gasteiger partial charge on any atom is -0.219 e. The molecule has 18 heavy (non-hydrogen) atoms. The second kappa shape index (κ2) is 5.19. The van der Waals surface area contributed by atoms with E-state index in [4.69, 9.17) is 0 Å². The van der Waals surface area contributed by atoms with E-state index in [2.05, 4.69) is 0 Å². The highest BCUT2D eigenvalue weighted by Gasteiger charge is 2.09. The Balaban J connectivity index is 2.28. The summed E-state index contributed by atoms with van der Waals surface area (Å²) in [5.41, 5.74) is 1.91. The lowest BCUT2D eigenvalue weighted by Gasteiger charge is -1.99. The van der Waals surface area contributed by atoms with E-state index in [0.29, 0.717) is 4.90 Å². The average molecular weight is 258 g/mol. The van der Waals surface area contributed by atoms with Crippen molar-refractivity contribution < 1.29 is 8.42 Å². The van der Waals surface area contributed by atoms with Crippen molar-refractivity contribution in [3.8, 4) is 0 Å². The van der Waals surface area contributed by atoms with Gasteiger partial charge in [-0.1, -0.05) is 48.0 Å². The van der Waals surface area contributed by atoms with Gasteiger partial charge in [0.25, 0.3) is 0 Å². The summed E-state index contributed by atoms with van der Waals surface area (Å²) >= 11 is 0. The van der Waals surface area contributed by atoms with Crippen LogP contribution in [0.15, 0.2) is 64.9 Å². The van der Waals surface area contributed by atoms with Crippen LogP contribution in [0, 0.1) is 6.92 Å². The largest absolute Gasteiger partial charge is 0.219 e. The first-order valence-electron chi connectivity index (χ1n) is 5.63. The summed E-state index contributed by atoms with van der Waals surface area (Å²) in [6, 6.07) is 16.2. The second-order valence-corrected chi connectivity index (χ2v) is 5.91. The lowest BCUT2D eigenvalue weighted by molar-refractivity contribution is 0.605. The van der Waals surface area contributed by atoms with E-state index in [1.807, 2.05) is 37.3 Å². The molecule has 0 atom stereocenters. The molecule has 0 saturated carbocycles. The van der Waals surface area contributed by atoms with E-state index in [0.717, 1.165) is 11.1 Å². The molecule has 0 amide bonds. The molecule has 0 spiro atoms. The van der Waals surface area contributed by atoms with E-state index in [1.54, 1.807) is 30.3 Å². The summed E-state index contributed by atoms with van der Waals surface area (Å²) < 4.78 is 24.1. The smallest absolute Gasteiger partial charge is 0.199 e. The van der Waals surface area contributed by atoms with Crippen LogP contribution in [-0.2, 0) is 9.84 Å². The van der Waals surface area contributed by atoms with Crippen LogP contribution in [0.5, 0.6) is 0 Å². The molecular weight excluding hydrogens is 244 g/mol. The van der Waals surface area contributed by atoms with E-state index in [1.165, 1.54) is 5.41 Å². The Morgan fingerprint density at radius 1 is 0.889 bits per heavy atom. The Bertz CT molecular complexity index is 639. The lowest BCUT2D eigenvalue weighted by atomic mass is 10.2. The van der Waals surface area contributed by atoms with Gasteiger partial charge in [-0.05, 0) is 30.7 Å². The highest BCUT2D eigenvalue weighted by Crippen LogP contribution is 2.14. The van der Waals surface area contributed by atoms with Crippen molar-refractivity contribution in [1.82, 2.24) is 0 Å². The second-order valence-electron chi connectivity index (χ2n) is 4.07. The number of benzene rings is 2. The van der Waals surface area contributed by atoms with Gasteiger partial charge in [0.05, 0.1) is 4.90 Å². The number of rotatable bonds is 3. The average Bonchev–Trinajstić information content (AvgIpc) is 2.38. The van der Waals surface area contributed by atoms with Crippen LogP contribution in [0.25, 0.3) is 6.08 Å². The normalized spacial score (nSPS) is 11.8. The molecule has 2 rings (SSSR count). The predicted octanol–water partition coefficient (Wildman–Crippen LogP) is 3.44. The van der Waals surface area contributed by atoms with Gasteiger partial charge in [0.2, 0.25) is 0 Å². The Morgan fingerprint density at radius 2 is 1.50 bits per heavy atom. The maximum absolute atomic E-state index is 12.0. The Kier molecular flexibility index (Phi) is 3.63. The third-order valence-electron chi connectivity index (χ3n) is 2.59. The van der Waals surface area contributed by atoms with Gasteiger partial charge in [-0.25, -0.2) is 8.42 Å². The van der Waals surface area contributed by atoms with Gasteiger partial charge in [-0.15, -0.1) is 0 Å². The summed E-state index contributed by atoms with van der Waals surface area (Å²) in [6.45, 7) is 1.93. The highest BCUT2D eigenvalue weighted by atomic mass is 32.2. The van der Waals surface area contributed by atoms with Crippen molar-refractivity contribution in [2.75, 3.05) is 0 Å². The molecule has 0 aliphatic carbocycles. The zero-order valence-corrected chi connectivity index (χ0v) is 10.9. The first kappa shape index (κ1) is 12.6. The van der Waals surface area contributed by atoms with E-state index < -0.39 is 9.84 Å². The van der Waals surface area contributed by atoms with Crippen molar-refractivity contribution in [3.05, 3.63) is 71.1 Å². The molecular formula is C15H14O2S. The number of sulfone groups is 1. The topological polar surface area (TPSA) is 34.1 Å². The third-order valence-corrected chi connectivity index (χ3v) is 4.01. The summed E-state index contributed by atoms with van der Waals surface area (Å²) in [5.74, 6) is 0. The monoisotopic (exact) mass is 258 g/mol. The number of hydrogen-bond donors (Lipinski definition) is 0. The zero-order chi connectivity index (χ0) is 13.0. The number of hydrogen-bond acceptors (Lipinski definition) is 2. The molecule has 0 aromatic heterocycles. The van der Waals surface area contributed by atoms with E-state index >= 15 is 0 Å². The van der Waals surface area contributed by atoms with Crippen LogP contribution < -0.4 is 0 Å². The van der Waals surface area contributed by atoms with Crippen LogP contribution in [0.4, 0.5) is 0 Å². The minimum absolute atomic E-state index is 0.320. The molecule has 0 unspecified atom stereocenters. The van der Waals surface area contributed by atoms with Gasteiger partial charge in [0.15, 0.2) is 9.84 Å². The zero-order valence-electron chi connectivity index (χ0n) is 10.1. The van der Waals surface area contributed by atoms with E-state index in [-0.39, 0.29) is 0 Å². The fourth-order valence-corrected chi connectivity index (χ4v) is 2.55. The predicted molar refractivity (Wildman–Crippen MR) is 73.8 cm³/mol. The molecule has 2 nitrogen and oxygen atoms in total. The Morgan fingerprint density at radius 3 is 2.11 bits per heavy atom. The Hall–Kier alpha value is -1.87. The molecule has 2 aromatic rings. The summed E-state index contributed by atoms with van der Waals surface area (Å²) in [6.07, 6.45) is 1.61. The van der Waals surface area contributed by atoms with Crippen molar-refractivity contribution in [1.29, 1.82) is 0 Å². The highest BCUT2D eigenvalue weighted by molar-refractivity contribution is 7.94. The molecule has 92 valence electrons. The maximum atomic E-state index is 12.0. The van der Waals surface area contributed by atoms with Crippen molar-refractivity contribution in [2.24, 2.45) is 0 Å². The van der Waals surface area contributed by atoms with Gasteiger partial charge in [-0.2, -0.15) is 0 Å². The molecule has 0 aliphatic rings. The molecule has 0 saturated heterocycles. The molecule has 0 heterocycles. The molecule has 0 bridgehead atoms.